The van der Waals surface area contributed by atoms with E-state index in [4.69, 9.17) is 37.9 Å². The second kappa shape index (κ2) is 20.5. The summed E-state index contributed by atoms with van der Waals surface area (Å²) in [6, 6.07) is 42.1. The van der Waals surface area contributed by atoms with Crippen molar-refractivity contribution in [2.45, 2.75) is 39.6 Å². The van der Waals surface area contributed by atoms with Crippen molar-refractivity contribution >= 4 is 27.4 Å². The molecule has 0 saturated carbocycles. The lowest BCUT2D eigenvalue weighted by Gasteiger charge is -2.19. The Bertz CT molecular complexity index is 2070. The van der Waals surface area contributed by atoms with E-state index in [1.165, 1.54) is 0 Å². The highest BCUT2D eigenvalue weighted by atomic mass is 32.1. The monoisotopic (exact) mass is 776 g/mol. The average molecular weight is 777 g/mol. The van der Waals surface area contributed by atoms with Gasteiger partial charge in [0.15, 0.2) is 5.75 Å². The minimum Gasteiger partial charge on any atom is -0.491 e. The summed E-state index contributed by atoms with van der Waals surface area (Å²) in [6.07, 6.45) is 0. The molecule has 10 heteroatoms. The Morgan fingerprint density at radius 3 is 1.70 bits per heavy atom. The van der Waals surface area contributed by atoms with Crippen LogP contribution in [0.3, 0.4) is 0 Å². The summed E-state index contributed by atoms with van der Waals surface area (Å²) in [6.45, 7) is 8.64. The molecule has 0 fully saturated rings. The quantitative estimate of drug-likeness (QED) is 0.0523. The number of rotatable bonds is 21. The molecule has 9 nitrogen and oxygen atoms in total. The molecule has 0 N–H and O–H groups in total. The van der Waals surface area contributed by atoms with E-state index in [1.807, 2.05) is 99.6 Å². The van der Waals surface area contributed by atoms with Crippen molar-refractivity contribution in [3.05, 3.63) is 139 Å². The van der Waals surface area contributed by atoms with Crippen LogP contribution in [-0.2, 0) is 37.0 Å². The maximum absolute atomic E-state index is 11.7. The predicted octanol–water partition coefficient (Wildman–Crippen LogP) is 10.3. The van der Waals surface area contributed by atoms with Gasteiger partial charge < -0.3 is 37.9 Å². The molecule has 1 heterocycles. The molecule has 56 heavy (non-hydrogen) atoms. The van der Waals surface area contributed by atoms with Crippen LogP contribution < -0.4 is 18.9 Å². The van der Waals surface area contributed by atoms with Gasteiger partial charge in [0.1, 0.15) is 55.0 Å². The topological polar surface area (TPSA) is 90.9 Å². The van der Waals surface area contributed by atoms with Crippen molar-refractivity contribution in [3.8, 4) is 39.2 Å². The summed E-state index contributed by atoms with van der Waals surface area (Å²) < 4.78 is 47.4. The molecule has 0 spiro atoms. The van der Waals surface area contributed by atoms with Gasteiger partial charge in [0.25, 0.3) is 0 Å². The number of fused-ring (bicyclic) bond motifs is 1. The van der Waals surface area contributed by atoms with Crippen LogP contribution in [0, 0.1) is 0 Å². The normalized spacial score (nSPS) is 11.3. The first-order chi connectivity index (χ1) is 27.3. The van der Waals surface area contributed by atoms with Crippen LogP contribution in [0.5, 0.6) is 28.7 Å². The van der Waals surface area contributed by atoms with E-state index in [0.717, 1.165) is 48.9 Å². The Kier molecular flexibility index (Phi) is 14.7. The van der Waals surface area contributed by atoms with Crippen LogP contribution in [0.2, 0.25) is 0 Å². The lowest BCUT2D eigenvalue weighted by atomic mass is 10.1. The average Bonchev–Trinajstić information content (AvgIpc) is 3.56. The Hall–Kier alpha value is -5.39. The number of ether oxygens (including phenoxy) is 8. The zero-order chi connectivity index (χ0) is 39.0. The molecule has 0 aliphatic heterocycles. The zero-order valence-electron chi connectivity index (χ0n) is 32.1. The van der Waals surface area contributed by atoms with E-state index < -0.39 is 11.6 Å². The number of carbonyl (C=O) groups excluding carboxylic acids is 1. The standard InChI is InChI=1S/C46H48O9S/c1-46(2,3)55-43(47)33-50-27-26-48-24-25-49-28-29-51-37-18-20-39(21-19-37)54-44-41-23-22-40(53-32-35-12-8-5-9-13-35)30-42(41)56-45(44)36-14-16-38(17-15-36)52-31-34-10-6-4-7-11-34/h4-23,30H,24-29,31-33H2,1-3H3. The molecule has 1 aromatic heterocycles. The molecule has 5 aromatic carbocycles. The summed E-state index contributed by atoms with van der Waals surface area (Å²) in [5.41, 5.74) is 2.73. The molecule has 0 aliphatic carbocycles. The Morgan fingerprint density at radius 2 is 1.07 bits per heavy atom. The maximum atomic E-state index is 11.7. The summed E-state index contributed by atoms with van der Waals surface area (Å²) in [5, 5.41) is 0.997. The fraction of sp³-hybridized carbons (Fsp3) is 0.283. The molecule has 292 valence electrons. The summed E-state index contributed by atoms with van der Waals surface area (Å²) >= 11 is 1.66. The predicted molar refractivity (Wildman–Crippen MR) is 219 cm³/mol. The van der Waals surface area contributed by atoms with Crippen molar-refractivity contribution in [2.75, 3.05) is 46.2 Å². The van der Waals surface area contributed by atoms with E-state index in [-0.39, 0.29) is 6.61 Å². The molecule has 0 saturated heterocycles. The third kappa shape index (κ3) is 12.8. The van der Waals surface area contributed by atoms with Crippen molar-refractivity contribution < 1.29 is 42.7 Å². The van der Waals surface area contributed by atoms with Gasteiger partial charge in [-0.2, -0.15) is 0 Å². The van der Waals surface area contributed by atoms with E-state index in [1.54, 1.807) is 11.3 Å². The third-order valence-corrected chi connectivity index (χ3v) is 9.34. The van der Waals surface area contributed by atoms with Gasteiger partial charge in [0.05, 0.1) is 37.9 Å². The van der Waals surface area contributed by atoms with Gasteiger partial charge in [-0.25, -0.2) is 4.79 Å². The Labute approximate surface area is 332 Å². The van der Waals surface area contributed by atoms with E-state index in [9.17, 15) is 4.79 Å². The van der Waals surface area contributed by atoms with Crippen molar-refractivity contribution in [2.24, 2.45) is 0 Å². The van der Waals surface area contributed by atoms with Gasteiger partial charge in [-0.3, -0.25) is 0 Å². The molecule has 6 rings (SSSR count). The van der Waals surface area contributed by atoms with Crippen molar-refractivity contribution in [3.63, 3.8) is 0 Å². The third-order valence-electron chi connectivity index (χ3n) is 8.15. The fourth-order valence-corrected chi connectivity index (χ4v) is 6.69. The molecular weight excluding hydrogens is 729 g/mol. The molecule has 0 amide bonds. The summed E-state index contributed by atoms with van der Waals surface area (Å²) in [4.78, 5) is 12.7. The maximum Gasteiger partial charge on any atom is 0.332 e. The SMILES string of the molecule is CC(C)(C)OC(=O)COCCOCCOCCOc1ccc(Oc2c(-c3ccc(OCc4ccccc4)cc3)sc3cc(OCc4ccccc4)ccc23)cc1. The second-order valence-corrected chi connectivity index (χ2v) is 14.8. The van der Waals surface area contributed by atoms with Crippen LogP contribution in [0.1, 0.15) is 31.9 Å². The summed E-state index contributed by atoms with van der Waals surface area (Å²) in [7, 11) is 0. The first-order valence-electron chi connectivity index (χ1n) is 18.7. The smallest absolute Gasteiger partial charge is 0.332 e. The molecule has 6 aromatic rings. The highest BCUT2D eigenvalue weighted by Gasteiger charge is 2.18. The molecule has 0 atom stereocenters. The van der Waals surface area contributed by atoms with Crippen LogP contribution in [0.4, 0.5) is 0 Å². The Balaban J connectivity index is 1.02. The van der Waals surface area contributed by atoms with Gasteiger partial charge >= 0.3 is 5.97 Å². The largest absolute Gasteiger partial charge is 0.491 e. The second-order valence-electron chi connectivity index (χ2n) is 13.8. The number of benzene rings is 5. The van der Waals surface area contributed by atoms with Gasteiger partial charge in [-0.15, -0.1) is 11.3 Å². The van der Waals surface area contributed by atoms with E-state index in [0.29, 0.717) is 64.4 Å². The number of carbonyl (C=O) groups is 1. The summed E-state index contributed by atoms with van der Waals surface area (Å²) in [5.74, 6) is 3.37. The molecule has 0 radical (unpaired) electrons. The first kappa shape index (κ1) is 40.3. The van der Waals surface area contributed by atoms with Gasteiger partial charge in [0.2, 0.25) is 0 Å². The van der Waals surface area contributed by atoms with E-state index in [2.05, 4.69) is 48.5 Å². The van der Waals surface area contributed by atoms with Crippen molar-refractivity contribution in [1.82, 2.24) is 0 Å². The van der Waals surface area contributed by atoms with Crippen LogP contribution in [0.25, 0.3) is 20.5 Å². The van der Waals surface area contributed by atoms with E-state index >= 15 is 0 Å². The van der Waals surface area contributed by atoms with Crippen molar-refractivity contribution in [1.29, 1.82) is 0 Å². The van der Waals surface area contributed by atoms with Crippen LogP contribution in [-0.4, -0.2) is 57.8 Å². The number of thiophene rings is 1. The molecule has 0 unspecified atom stereocenters. The lowest BCUT2D eigenvalue weighted by Crippen LogP contribution is -2.27. The van der Waals surface area contributed by atoms with Crippen LogP contribution >= 0.6 is 11.3 Å². The molecule has 0 aliphatic rings. The molecular formula is C46H48O9S. The van der Waals surface area contributed by atoms with Gasteiger partial charge in [0, 0.05) is 10.1 Å². The number of esters is 1. The van der Waals surface area contributed by atoms with Gasteiger partial charge in [-0.1, -0.05) is 60.7 Å². The highest BCUT2D eigenvalue weighted by molar-refractivity contribution is 7.22. The Morgan fingerprint density at radius 1 is 0.554 bits per heavy atom. The highest BCUT2D eigenvalue weighted by Crippen LogP contribution is 2.47. The zero-order valence-corrected chi connectivity index (χ0v) is 32.9. The first-order valence-corrected chi connectivity index (χ1v) is 19.5. The minimum absolute atomic E-state index is 0.0964. The number of hydrogen-bond donors (Lipinski definition) is 0. The molecule has 0 bridgehead atoms. The minimum atomic E-state index is -0.527. The van der Waals surface area contributed by atoms with Gasteiger partial charge in [-0.05, 0) is 104 Å². The number of hydrogen-bond acceptors (Lipinski definition) is 10. The lowest BCUT2D eigenvalue weighted by molar-refractivity contribution is -0.160. The fourth-order valence-electron chi connectivity index (χ4n) is 5.53. The van der Waals surface area contributed by atoms with Crippen LogP contribution in [0.15, 0.2) is 127 Å².